The summed E-state index contributed by atoms with van der Waals surface area (Å²) in [6.45, 7) is 4.46. The van der Waals surface area contributed by atoms with Crippen molar-refractivity contribution < 1.29 is 0 Å². The fourth-order valence-electron chi connectivity index (χ4n) is 2.76. The summed E-state index contributed by atoms with van der Waals surface area (Å²) >= 11 is 0. The lowest BCUT2D eigenvalue weighted by Crippen LogP contribution is -2.44. The van der Waals surface area contributed by atoms with E-state index in [-0.39, 0.29) is 0 Å². The van der Waals surface area contributed by atoms with E-state index in [2.05, 4.69) is 24.8 Å². The molecule has 0 aliphatic carbocycles. The van der Waals surface area contributed by atoms with Crippen molar-refractivity contribution in [1.82, 2.24) is 0 Å². The van der Waals surface area contributed by atoms with E-state index in [1.54, 1.807) is 6.07 Å². The molecule has 0 saturated carbocycles. The molecular weight excluding hydrogens is 210 g/mol. The molecule has 3 nitrogen and oxygen atoms in total. The number of anilines is 2. The molecule has 0 radical (unpaired) electrons. The van der Waals surface area contributed by atoms with E-state index in [4.69, 9.17) is 5.73 Å². The van der Waals surface area contributed by atoms with Crippen molar-refractivity contribution in [2.45, 2.75) is 45.2 Å². The van der Waals surface area contributed by atoms with Crippen LogP contribution in [0.25, 0.3) is 0 Å². The summed E-state index contributed by atoms with van der Waals surface area (Å²) in [4.78, 5) is 2.36. The number of hydrogen-bond acceptors (Lipinski definition) is 3. The fourth-order valence-corrected chi connectivity index (χ4v) is 2.76. The molecule has 2 unspecified atom stereocenters. The van der Waals surface area contributed by atoms with Gasteiger partial charge in [-0.3, -0.25) is 0 Å². The first-order valence-electron chi connectivity index (χ1n) is 6.21. The molecule has 1 aromatic rings. The lowest BCUT2D eigenvalue weighted by molar-refractivity contribution is 0.414. The van der Waals surface area contributed by atoms with Crippen LogP contribution in [0.3, 0.4) is 0 Å². The van der Waals surface area contributed by atoms with Crippen LogP contribution >= 0.6 is 0 Å². The molecule has 0 amide bonds. The highest BCUT2D eigenvalue weighted by Gasteiger charge is 2.26. The molecule has 90 valence electrons. The predicted molar refractivity (Wildman–Crippen MR) is 70.8 cm³/mol. The number of hydrogen-bond donors (Lipinski definition) is 1. The van der Waals surface area contributed by atoms with Gasteiger partial charge in [0.05, 0.1) is 11.3 Å². The van der Waals surface area contributed by atoms with Crippen LogP contribution in [0.1, 0.15) is 38.7 Å². The van der Waals surface area contributed by atoms with Gasteiger partial charge in [-0.2, -0.15) is 5.26 Å². The van der Waals surface area contributed by atoms with E-state index in [0.29, 0.717) is 23.3 Å². The first-order chi connectivity index (χ1) is 8.13. The van der Waals surface area contributed by atoms with Crippen molar-refractivity contribution in [3.8, 4) is 6.07 Å². The van der Waals surface area contributed by atoms with E-state index in [1.165, 1.54) is 19.3 Å². The maximum atomic E-state index is 9.21. The van der Waals surface area contributed by atoms with Gasteiger partial charge in [-0.15, -0.1) is 0 Å². The van der Waals surface area contributed by atoms with Gasteiger partial charge in [0.2, 0.25) is 0 Å². The lowest BCUT2D eigenvalue weighted by Gasteiger charge is -2.41. The zero-order chi connectivity index (χ0) is 12.4. The highest BCUT2D eigenvalue weighted by molar-refractivity contribution is 5.65. The van der Waals surface area contributed by atoms with Crippen LogP contribution in [0.5, 0.6) is 0 Å². The Bertz CT molecular complexity index is 437. The minimum Gasteiger partial charge on any atom is -0.399 e. The maximum absolute atomic E-state index is 9.21. The Morgan fingerprint density at radius 3 is 2.53 bits per heavy atom. The topological polar surface area (TPSA) is 53.0 Å². The quantitative estimate of drug-likeness (QED) is 0.753. The monoisotopic (exact) mass is 229 g/mol. The van der Waals surface area contributed by atoms with Crippen LogP contribution in [0.2, 0.25) is 0 Å². The molecule has 2 N–H and O–H groups in total. The largest absolute Gasteiger partial charge is 0.399 e. The van der Waals surface area contributed by atoms with Gasteiger partial charge in [-0.25, -0.2) is 0 Å². The third-order valence-corrected chi connectivity index (χ3v) is 3.61. The van der Waals surface area contributed by atoms with Crippen molar-refractivity contribution in [3.63, 3.8) is 0 Å². The summed E-state index contributed by atoms with van der Waals surface area (Å²) in [5.74, 6) is 0. The van der Waals surface area contributed by atoms with Crippen LogP contribution in [0, 0.1) is 11.3 Å². The van der Waals surface area contributed by atoms with E-state index in [9.17, 15) is 5.26 Å². The van der Waals surface area contributed by atoms with Crippen molar-refractivity contribution in [3.05, 3.63) is 23.8 Å². The Morgan fingerprint density at radius 1 is 1.29 bits per heavy atom. The van der Waals surface area contributed by atoms with Gasteiger partial charge in [0.1, 0.15) is 6.07 Å². The van der Waals surface area contributed by atoms with Crippen LogP contribution in [-0.2, 0) is 0 Å². The number of nitrogens with two attached hydrogens (primary N) is 1. The third-order valence-electron chi connectivity index (χ3n) is 3.61. The number of rotatable bonds is 1. The van der Waals surface area contributed by atoms with Crippen molar-refractivity contribution >= 4 is 11.4 Å². The van der Waals surface area contributed by atoms with Crippen LogP contribution in [0.4, 0.5) is 11.4 Å². The van der Waals surface area contributed by atoms with Crippen LogP contribution in [0.15, 0.2) is 18.2 Å². The van der Waals surface area contributed by atoms with Crippen molar-refractivity contribution in [1.29, 1.82) is 5.26 Å². The van der Waals surface area contributed by atoms with Crippen molar-refractivity contribution in [2.75, 3.05) is 10.6 Å². The summed E-state index contributed by atoms with van der Waals surface area (Å²) in [5, 5.41) is 9.21. The second-order valence-corrected chi connectivity index (χ2v) is 4.92. The highest BCUT2D eigenvalue weighted by Crippen LogP contribution is 2.32. The molecule has 2 rings (SSSR count). The Kier molecular flexibility index (Phi) is 3.23. The van der Waals surface area contributed by atoms with Crippen molar-refractivity contribution in [2.24, 2.45) is 0 Å². The van der Waals surface area contributed by atoms with E-state index < -0.39 is 0 Å². The molecule has 2 atom stereocenters. The van der Waals surface area contributed by atoms with Gasteiger partial charge in [0.25, 0.3) is 0 Å². The number of nitrogen functional groups attached to an aromatic ring is 1. The molecule has 17 heavy (non-hydrogen) atoms. The molecule has 1 aliphatic rings. The average molecular weight is 229 g/mol. The average Bonchev–Trinajstić information content (AvgIpc) is 2.30. The normalized spacial score (nSPS) is 24.4. The standard InChI is InChI=1S/C14H19N3/c1-10-4-3-5-11(2)17(10)14-7-6-13(16)8-12(14)9-15/h6-8,10-11H,3-5,16H2,1-2H3. The van der Waals surface area contributed by atoms with Gasteiger partial charge in [-0.05, 0) is 51.3 Å². The summed E-state index contributed by atoms with van der Waals surface area (Å²) in [7, 11) is 0. The van der Waals surface area contributed by atoms with E-state index in [1.807, 2.05) is 12.1 Å². The van der Waals surface area contributed by atoms with Gasteiger partial charge < -0.3 is 10.6 Å². The number of nitriles is 1. The SMILES string of the molecule is CC1CCCC(C)N1c1ccc(N)cc1C#N. The molecule has 1 saturated heterocycles. The van der Waals surface area contributed by atoms with E-state index in [0.717, 1.165) is 5.69 Å². The lowest BCUT2D eigenvalue weighted by atomic mass is 9.95. The summed E-state index contributed by atoms with van der Waals surface area (Å²) in [6, 6.07) is 8.87. The Hall–Kier alpha value is -1.69. The summed E-state index contributed by atoms with van der Waals surface area (Å²) in [6.07, 6.45) is 3.66. The second kappa shape index (κ2) is 4.67. The molecule has 1 aliphatic heterocycles. The maximum Gasteiger partial charge on any atom is 0.101 e. The minimum atomic E-state index is 0.495. The molecule has 1 heterocycles. The molecule has 0 bridgehead atoms. The van der Waals surface area contributed by atoms with Gasteiger partial charge in [-0.1, -0.05) is 0 Å². The van der Waals surface area contributed by atoms with Gasteiger partial charge >= 0.3 is 0 Å². The zero-order valence-corrected chi connectivity index (χ0v) is 10.5. The highest BCUT2D eigenvalue weighted by atomic mass is 15.2. The first kappa shape index (κ1) is 11.8. The molecule has 1 fully saturated rings. The number of nitrogens with zero attached hydrogens (tertiary/aromatic N) is 2. The Morgan fingerprint density at radius 2 is 1.94 bits per heavy atom. The Balaban J connectivity index is 2.41. The van der Waals surface area contributed by atoms with E-state index >= 15 is 0 Å². The Labute approximate surface area is 103 Å². The molecule has 1 aromatic carbocycles. The predicted octanol–water partition coefficient (Wildman–Crippen LogP) is 2.91. The van der Waals surface area contributed by atoms with Gasteiger partial charge in [0, 0.05) is 17.8 Å². The summed E-state index contributed by atoms with van der Waals surface area (Å²) in [5.41, 5.74) is 8.10. The molecule has 0 spiro atoms. The molecule has 3 heteroatoms. The molecule has 0 aromatic heterocycles. The third kappa shape index (κ3) is 2.21. The first-order valence-corrected chi connectivity index (χ1v) is 6.21. The zero-order valence-electron chi connectivity index (χ0n) is 10.5. The molecular formula is C14H19N3. The smallest absolute Gasteiger partial charge is 0.101 e. The fraction of sp³-hybridized carbons (Fsp3) is 0.500. The second-order valence-electron chi connectivity index (χ2n) is 4.92. The minimum absolute atomic E-state index is 0.495. The number of piperidine rings is 1. The van der Waals surface area contributed by atoms with Crippen LogP contribution < -0.4 is 10.6 Å². The van der Waals surface area contributed by atoms with Crippen LogP contribution in [-0.4, -0.2) is 12.1 Å². The van der Waals surface area contributed by atoms with Gasteiger partial charge in [0.15, 0.2) is 0 Å². The summed E-state index contributed by atoms with van der Waals surface area (Å²) < 4.78 is 0. The number of benzene rings is 1.